The number of thiocarbonyl (C=S) groups is 1. The first-order valence-corrected chi connectivity index (χ1v) is 9.59. The monoisotopic (exact) mass is 434 g/mol. The van der Waals surface area contributed by atoms with Gasteiger partial charge in [-0.1, -0.05) is 41.9 Å². The van der Waals surface area contributed by atoms with Crippen molar-refractivity contribution in [1.82, 2.24) is 5.32 Å². The predicted octanol–water partition coefficient (Wildman–Crippen LogP) is 5.23. The Balaban J connectivity index is 2.12. The van der Waals surface area contributed by atoms with Gasteiger partial charge in [0.05, 0.1) is 12.2 Å². The van der Waals surface area contributed by atoms with Crippen molar-refractivity contribution in [2.45, 2.75) is 27.7 Å². The molecule has 0 bridgehead atoms. The van der Waals surface area contributed by atoms with Crippen LogP contribution in [-0.4, -0.2) is 17.6 Å². The molecule has 0 fully saturated rings. The number of nitrogens with one attached hydrogen (secondary N) is 2. The van der Waals surface area contributed by atoms with E-state index in [9.17, 15) is 4.79 Å². The van der Waals surface area contributed by atoms with E-state index in [2.05, 4.69) is 40.4 Å². The molecule has 0 radical (unpaired) electrons. The Morgan fingerprint density at radius 1 is 1.23 bits per heavy atom. The number of hydrogen-bond donors (Lipinski definition) is 2. The van der Waals surface area contributed by atoms with Crippen LogP contribution in [0, 0.1) is 19.8 Å². The summed E-state index contributed by atoms with van der Waals surface area (Å²) in [5, 5.41) is 6.06. The van der Waals surface area contributed by atoms with Crippen LogP contribution in [0.4, 0.5) is 5.69 Å². The Hall–Kier alpha value is -1.92. The maximum atomic E-state index is 12.7. The molecule has 6 heteroatoms. The van der Waals surface area contributed by atoms with Gasteiger partial charge >= 0.3 is 0 Å². The second-order valence-electron chi connectivity index (χ2n) is 6.50. The average Bonchev–Trinajstić information content (AvgIpc) is 2.57. The fraction of sp³-hybridized carbons (Fsp3) is 0.300. The normalized spacial score (nSPS) is 10.5. The Morgan fingerprint density at radius 2 is 1.96 bits per heavy atom. The van der Waals surface area contributed by atoms with E-state index >= 15 is 0 Å². The summed E-state index contributed by atoms with van der Waals surface area (Å²) in [7, 11) is 0. The number of aryl methyl sites for hydroxylation is 1. The van der Waals surface area contributed by atoms with E-state index in [0.717, 1.165) is 21.3 Å². The molecule has 0 heterocycles. The molecule has 2 aromatic carbocycles. The van der Waals surface area contributed by atoms with Crippen LogP contribution >= 0.6 is 28.1 Å². The van der Waals surface area contributed by atoms with Gasteiger partial charge in [0.15, 0.2) is 5.11 Å². The molecule has 0 aliphatic heterocycles. The molecule has 4 nitrogen and oxygen atoms in total. The van der Waals surface area contributed by atoms with E-state index in [1.54, 1.807) is 12.1 Å². The number of carbonyl (C=O) groups is 1. The van der Waals surface area contributed by atoms with E-state index in [-0.39, 0.29) is 11.0 Å². The number of halogens is 1. The zero-order valence-corrected chi connectivity index (χ0v) is 17.8. The summed E-state index contributed by atoms with van der Waals surface area (Å²) in [4.78, 5) is 12.7. The molecule has 0 aliphatic rings. The molecular weight excluding hydrogens is 412 g/mol. The van der Waals surface area contributed by atoms with Crippen molar-refractivity contribution in [2.75, 3.05) is 11.9 Å². The predicted molar refractivity (Wildman–Crippen MR) is 114 cm³/mol. The molecule has 0 spiro atoms. The Morgan fingerprint density at radius 3 is 2.65 bits per heavy atom. The summed E-state index contributed by atoms with van der Waals surface area (Å²) < 4.78 is 6.56. The molecule has 1 amide bonds. The zero-order chi connectivity index (χ0) is 19.3. The lowest BCUT2D eigenvalue weighted by molar-refractivity contribution is 0.0973. The van der Waals surface area contributed by atoms with E-state index < -0.39 is 0 Å². The lowest BCUT2D eigenvalue weighted by Gasteiger charge is -2.15. The van der Waals surface area contributed by atoms with Crippen LogP contribution in [0.25, 0.3) is 0 Å². The minimum atomic E-state index is -0.312. The third kappa shape index (κ3) is 5.54. The second kappa shape index (κ2) is 9.14. The van der Waals surface area contributed by atoms with Gasteiger partial charge in [0.2, 0.25) is 0 Å². The summed E-state index contributed by atoms with van der Waals surface area (Å²) in [6.07, 6.45) is 0. The second-order valence-corrected chi connectivity index (χ2v) is 7.82. The van der Waals surface area contributed by atoms with Gasteiger partial charge in [0, 0.05) is 10.2 Å². The summed E-state index contributed by atoms with van der Waals surface area (Å²) >= 11 is 8.70. The highest BCUT2D eigenvalue weighted by Crippen LogP contribution is 2.24. The highest BCUT2D eigenvalue weighted by molar-refractivity contribution is 9.10. The zero-order valence-electron chi connectivity index (χ0n) is 15.4. The first-order chi connectivity index (χ1) is 12.3. The van der Waals surface area contributed by atoms with Crippen molar-refractivity contribution >= 4 is 44.9 Å². The first kappa shape index (κ1) is 20.4. The highest BCUT2D eigenvalue weighted by atomic mass is 79.9. The number of carbonyl (C=O) groups excluding carboxylic acids is 1. The summed E-state index contributed by atoms with van der Waals surface area (Å²) in [5.74, 6) is 0.586. The SMILES string of the molecule is Cc1cccc(NC(=S)NC(=O)c2cc(Br)ccc2OCC(C)C)c1C. The molecule has 2 rings (SSSR count). The van der Waals surface area contributed by atoms with Gasteiger partial charge in [-0.3, -0.25) is 10.1 Å². The van der Waals surface area contributed by atoms with Gasteiger partial charge in [0.1, 0.15) is 5.75 Å². The van der Waals surface area contributed by atoms with Crippen LogP contribution in [0.3, 0.4) is 0 Å². The molecule has 138 valence electrons. The van der Waals surface area contributed by atoms with Crippen LogP contribution in [-0.2, 0) is 0 Å². The summed E-state index contributed by atoms with van der Waals surface area (Å²) in [5.41, 5.74) is 3.55. The van der Waals surface area contributed by atoms with E-state index in [1.807, 2.05) is 38.1 Å². The van der Waals surface area contributed by atoms with Crippen molar-refractivity contribution < 1.29 is 9.53 Å². The highest BCUT2D eigenvalue weighted by Gasteiger charge is 2.15. The number of rotatable bonds is 5. The number of ether oxygens (including phenoxy) is 1. The van der Waals surface area contributed by atoms with Crippen LogP contribution in [0.5, 0.6) is 5.75 Å². The van der Waals surface area contributed by atoms with Crippen molar-refractivity contribution in [1.29, 1.82) is 0 Å². The van der Waals surface area contributed by atoms with Gasteiger partial charge in [-0.15, -0.1) is 0 Å². The number of hydrogen-bond acceptors (Lipinski definition) is 3. The Labute approximate surface area is 168 Å². The van der Waals surface area contributed by atoms with Gasteiger partial charge in [0.25, 0.3) is 5.91 Å². The molecule has 2 N–H and O–H groups in total. The lowest BCUT2D eigenvalue weighted by atomic mass is 10.1. The minimum Gasteiger partial charge on any atom is -0.492 e. The molecule has 2 aromatic rings. The van der Waals surface area contributed by atoms with E-state index in [4.69, 9.17) is 17.0 Å². The quantitative estimate of drug-likeness (QED) is 0.632. The van der Waals surface area contributed by atoms with Crippen molar-refractivity contribution in [3.05, 3.63) is 57.6 Å². The number of benzene rings is 2. The smallest absolute Gasteiger partial charge is 0.261 e. The van der Waals surface area contributed by atoms with Gasteiger partial charge in [-0.2, -0.15) is 0 Å². The molecule has 0 unspecified atom stereocenters. The van der Waals surface area contributed by atoms with E-state index in [0.29, 0.717) is 23.8 Å². The van der Waals surface area contributed by atoms with Crippen LogP contribution in [0.1, 0.15) is 35.3 Å². The van der Waals surface area contributed by atoms with E-state index in [1.165, 1.54) is 0 Å². The summed E-state index contributed by atoms with van der Waals surface area (Å²) in [6.45, 7) is 8.69. The standard InChI is InChI=1S/C20H23BrN2O2S/c1-12(2)11-25-18-9-8-15(21)10-16(18)19(24)23-20(26)22-17-7-5-6-13(3)14(17)4/h5-10,12H,11H2,1-4H3,(H2,22,23,24,26). The van der Waals surface area contributed by atoms with Crippen molar-refractivity contribution in [3.8, 4) is 5.75 Å². The van der Waals surface area contributed by atoms with Crippen LogP contribution in [0.15, 0.2) is 40.9 Å². The van der Waals surface area contributed by atoms with Gasteiger partial charge < -0.3 is 10.1 Å². The third-order valence-corrected chi connectivity index (χ3v) is 4.54. The lowest BCUT2D eigenvalue weighted by Crippen LogP contribution is -2.34. The topological polar surface area (TPSA) is 50.4 Å². The minimum absolute atomic E-state index is 0.249. The van der Waals surface area contributed by atoms with Crippen LogP contribution in [0.2, 0.25) is 0 Å². The maximum Gasteiger partial charge on any atom is 0.261 e. The fourth-order valence-electron chi connectivity index (χ4n) is 2.27. The maximum absolute atomic E-state index is 12.7. The first-order valence-electron chi connectivity index (χ1n) is 8.39. The van der Waals surface area contributed by atoms with Crippen LogP contribution < -0.4 is 15.4 Å². The Bertz CT molecular complexity index is 821. The molecular formula is C20H23BrN2O2S. The number of anilines is 1. The molecule has 0 saturated heterocycles. The van der Waals surface area contributed by atoms with Gasteiger partial charge in [-0.05, 0) is 67.4 Å². The van der Waals surface area contributed by atoms with Crippen molar-refractivity contribution in [2.24, 2.45) is 5.92 Å². The van der Waals surface area contributed by atoms with Crippen molar-refractivity contribution in [3.63, 3.8) is 0 Å². The largest absolute Gasteiger partial charge is 0.492 e. The Kier molecular flexibility index (Phi) is 7.17. The molecule has 26 heavy (non-hydrogen) atoms. The molecule has 0 aliphatic carbocycles. The molecule has 0 aromatic heterocycles. The van der Waals surface area contributed by atoms with Gasteiger partial charge in [-0.25, -0.2) is 0 Å². The third-order valence-electron chi connectivity index (χ3n) is 3.84. The fourth-order valence-corrected chi connectivity index (χ4v) is 2.84. The molecule has 0 atom stereocenters. The number of amides is 1. The summed E-state index contributed by atoms with van der Waals surface area (Å²) in [6, 6.07) is 11.3. The average molecular weight is 435 g/mol. The molecule has 0 saturated carbocycles.